The maximum atomic E-state index is 12.9. The van der Waals surface area contributed by atoms with Gasteiger partial charge in [-0.2, -0.15) is 0 Å². The van der Waals surface area contributed by atoms with E-state index < -0.39 is 17.6 Å². The standard InChI is InChI=1S/C8H10ClFN2O.ClH/c9-4-1-5(7(12)3-11)8(13)6(10)2-4;/h1-2,7,13H,3,11-12H2;1H/t7-;/m1./s1. The number of benzene rings is 1. The van der Waals surface area contributed by atoms with E-state index in [-0.39, 0.29) is 29.5 Å². The summed E-state index contributed by atoms with van der Waals surface area (Å²) in [6.45, 7) is 0.118. The number of halogens is 3. The molecule has 0 fully saturated rings. The number of aromatic hydroxyl groups is 1. The van der Waals surface area contributed by atoms with Crippen LogP contribution in [-0.4, -0.2) is 11.7 Å². The Bertz CT molecular complexity index is 322. The molecule has 1 rings (SSSR count). The number of rotatable bonds is 2. The quantitative estimate of drug-likeness (QED) is 0.735. The minimum atomic E-state index is -0.786. The fourth-order valence-electron chi connectivity index (χ4n) is 0.996. The summed E-state index contributed by atoms with van der Waals surface area (Å²) in [7, 11) is 0. The Hall–Kier alpha value is -0.550. The average molecular weight is 241 g/mol. The Morgan fingerprint density at radius 3 is 2.57 bits per heavy atom. The molecule has 0 aliphatic rings. The first-order valence-corrected chi connectivity index (χ1v) is 4.07. The molecule has 0 aromatic heterocycles. The maximum absolute atomic E-state index is 12.9. The summed E-state index contributed by atoms with van der Waals surface area (Å²) in [5.74, 6) is -1.27. The molecule has 0 aliphatic carbocycles. The van der Waals surface area contributed by atoms with Crippen molar-refractivity contribution in [1.82, 2.24) is 0 Å². The SMILES string of the molecule is Cl.NC[C@@H](N)c1cc(Cl)cc(F)c1O. The van der Waals surface area contributed by atoms with Crippen LogP contribution < -0.4 is 11.5 Å². The van der Waals surface area contributed by atoms with Crippen molar-refractivity contribution in [2.24, 2.45) is 11.5 Å². The monoisotopic (exact) mass is 240 g/mol. The zero-order valence-electron chi connectivity index (χ0n) is 7.21. The van der Waals surface area contributed by atoms with Gasteiger partial charge in [-0.05, 0) is 12.1 Å². The molecule has 5 N–H and O–H groups in total. The summed E-state index contributed by atoms with van der Waals surface area (Å²) in [4.78, 5) is 0. The van der Waals surface area contributed by atoms with Crippen LogP contribution in [0.3, 0.4) is 0 Å². The highest BCUT2D eigenvalue weighted by molar-refractivity contribution is 6.30. The second kappa shape index (κ2) is 5.36. The topological polar surface area (TPSA) is 72.3 Å². The van der Waals surface area contributed by atoms with E-state index in [2.05, 4.69) is 0 Å². The molecule has 3 nitrogen and oxygen atoms in total. The molecular weight excluding hydrogens is 230 g/mol. The van der Waals surface area contributed by atoms with Gasteiger partial charge in [0.1, 0.15) is 0 Å². The first-order valence-electron chi connectivity index (χ1n) is 3.69. The summed E-state index contributed by atoms with van der Waals surface area (Å²) < 4.78 is 12.9. The fourth-order valence-corrected chi connectivity index (χ4v) is 1.21. The zero-order valence-corrected chi connectivity index (χ0v) is 8.78. The molecule has 1 aromatic rings. The van der Waals surface area contributed by atoms with Gasteiger partial charge in [-0.25, -0.2) is 4.39 Å². The van der Waals surface area contributed by atoms with Gasteiger partial charge in [0.2, 0.25) is 0 Å². The highest BCUT2D eigenvalue weighted by Crippen LogP contribution is 2.28. The van der Waals surface area contributed by atoms with Crippen LogP contribution in [0.2, 0.25) is 5.02 Å². The smallest absolute Gasteiger partial charge is 0.166 e. The lowest BCUT2D eigenvalue weighted by Crippen LogP contribution is -2.21. The van der Waals surface area contributed by atoms with E-state index in [9.17, 15) is 9.50 Å². The number of hydrogen-bond donors (Lipinski definition) is 3. The van der Waals surface area contributed by atoms with E-state index in [1.165, 1.54) is 6.07 Å². The zero-order chi connectivity index (χ0) is 10.0. The van der Waals surface area contributed by atoms with Crippen LogP contribution in [0.15, 0.2) is 12.1 Å². The van der Waals surface area contributed by atoms with Gasteiger partial charge >= 0.3 is 0 Å². The van der Waals surface area contributed by atoms with Gasteiger partial charge in [-0.1, -0.05) is 11.6 Å². The summed E-state index contributed by atoms with van der Waals surface area (Å²) in [6, 6.07) is 1.81. The molecule has 0 amide bonds. The van der Waals surface area contributed by atoms with Crippen LogP contribution in [-0.2, 0) is 0 Å². The van der Waals surface area contributed by atoms with E-state index in [0.717, 1.165) is 6.07 Å². The van der Waals surface area contributed by atoms with Crippen LogP contribution >= 0.6 is 24.0 Å². The minimum Gasteiger partial charge on any atom is -0.505 e. The molecule has 0 aliphatic heterocycles. The molecule has 14 heavy (non-hydrogen) atoms. The van der Waals surface area contributed by atoms with Gasteiger partial charge < -0.3 is 16.6 Å². The molecule has 0 bridgehead atoms. The third kappa shape index (κ3) is 2.72. The Morgan fingerprint density at radius 2 is 2.07 bits per heavy atom. The Morgan fingerprint density at radius 1 is 1.50 bits per heavy atom. The van der Waals surface area contributed by atoms with Crippen LogP contribution in [0, 0.1) is 5.82 Å². The Kier molecular flexibility index (Phi) is 5.15. The van der Waals surface area contributed by atoms with E-state index >= 15 is 0 Å². The largest absolute Gasteiger partial charge is 0.505 e. The number of hydrogen-bond acceptors (Lipinski definition) is 3. The molecule has 0 saturated heterocycles. The average Bonchev–Trinajstić information content (AvgIpc) is 2.10. The predicted octanol–water partition coefficient (Wildman–Crippen LogP) is 1.56. The van der Waals surface area contributed by atoms with Crippen molar-refractivity contribution < 1.29 is 9.50 Å². The van der Waals surface area contributed by atoms with Gasteiger partial charge in [0, 0.05) is 23.2 Å². The number of phenolic OH excluding ortho intramolecular Hbond substituents is 1. The number of nitrogens with two attached hydrogens (primary N) is 2. The van der Waals surface area contributed by atoms with E-state index in [1.807, 2.05) is 0 Å². The summed E-state index contributed by atoms with van der Waals surface area (Å²) in [6.07, 6.45) is 0. The van der Waals surface area contributed by atoms with Crippen LogP contribution in [0.4, 0.5) is 4.39 Å². The predicted molar refractivity (Wildman–Crippen MR) is 56.3 cm³/mol. The van der Waals surface area contributed by atoms with Crippen LogP contribution in [0.1, 0.15) is 11.6 Å². The highest BCUT2D eigenvalue weighted by Gasteiger charge is 2.14. The van der Waals surface area contributed by atoms with Crippen molar-refractivity contribution in [2.75, 3.05) is 6.54 Å². The lowest BCUT2D eigenvalue weighted by molar-refractivity contribution is 0.421. The van der Waals surface area contributed by atoms with Crippen molar-refractivity contribution in [3.8, 4) is 5.75 Å². The van der Waals surface area contributed by atoms with Crippen molar-refractivity contribution in [3.63, 3.8) is 0 Å². The van der Waals surface area contributed by atoms with E-state index in [0.29, 0.717) is 0 Å². The van der Waals surface area contributed by atoms with Crippen molar-refractivity contribution in [3.05, 3.63) is 28.5 Å². The molecule has 6 heteroatoms. The number of phenols is 1. The van der Waals surface area contributed by atoms with E-state index in [1.54, 1.807) is 0 Å². The van der Waals surface area contributed by atoms with Crippen molar-refractivity contribution in [2.45, 2.75) is 6.04 Å². The maximum Gasteiger partial charge on any atom is 0.166 e. The first-order chi connectivity index (χ1) is 6.06. The Balaban J connectivity index is 0.00000169. The van der Waals surface area contributed by atoms with Gasteiger partial charge in [-0.15, -0.1) is 12.4 Å². The summed E-state index contributed by atoms with van der Waals surface area (Å²) in [5.41, 5.74) is 11.0. The normalized spacial score (nSPS) is 12.0. The van der Waals surface area contributed by atoms with Crippen molar-refractivity contribution >= 4 is 24.0 Å². The second-order valence-electron chi connectivity index (χ2n) is 2.67. The Labute approximate surface area is 92.3 Å². The summed E-state index contributed by atoms with van der Waals surface area (Å²) in [5, 5.41) is 9.44. The molecule has 1 atom stereocenters. The molecule has 0 radical (unpaired) electrons. The minimum absolute atomic E-state index is 0. The third-order valence-electron chi connectivity index (χ3n) is 1.71. The highest BCUT2D eigenvalue weighted by atomic mass is 35.5. The summed E-state index contributed by atoms with van der Waals surface area (Å²) >= 11 is 5.58. The van der Waals surface area contributed by atoms with Crippen LogP contribution in [0.25, 0.3) is 0 Å². The molecule has 80 valence electrons. The lowest BCUT2D eigenvalue weighted by atomic mass is 10.1. The third-order valence-corrected chi connectivity index (χ3v) is 1.93. The lowest BCUT2D eigenvalue weighted by Gasteiger charge is -2.11. The molecular formula is C8H11Cl2FN2O. The first kappa shape index (κ1) is 13.4. The van der Waals surface area contributed by atoms with Crippen molar-refractivity contribution in [1.29, 1.82) is 0 Å². The van der Waals surface area contributed by atoms with Gasteiger partial charge in [-0.3, -0.25) is 0 Å². The molecule has 0 spiro atoms. The van der Waals surface area contributed by atoms with Gasteiger partial charge in [0.25, 0.3) is 0 Å². The molecule has 0 heterocycles. The molecule has 1 aromatic carbocycles. The molecule has 0 unspecified atom stereocenters. The van der Waals surface area contributed by atoms with Gasteiger partial charge in [0.15, 0.2) is 11.6 Å². The van der Waals surface area contributed by atoms with E-state index in [4.69, 9.17) is 23.1 Å². The van der Waals surface area contributed by atoms with Crippen LogP contribution in [0.5, 0.6) is 5.75 Å². The second-order valence-corrected chi connectivity index (χ2v) is 3.10. The molecule has 0 saturated carbocycles. The fraction of sp³-hybridized carbons (Fsp3) is 0.250. The van der Waals surface area contributed by atoms with Gasteiger partial charge in [0.05, 0.1) is 0 Å².